The molecule has 1 unspecified atom stereocenters. The molecule has 0 spiro atoms. The van der Waals surface area contributed by atoms with Gasteiger partial charge in [0.1, 0.15) is 5.82 Å². The summed E-state index contributed by atoms with van der Waals surface area (Å²) in [6.07, 6.45) is 2.24. The number of cyclic esters (lactones) is 1. The van der Waals surface area contributed by atoms with Crippen LogP contribution in [-0.2, 0) is 26.3 Å². The Labute approximate surface area is 220 Å². The van der Waals surface area contributed by atoms with Crippen LogP contribution in [-0.4, -0.2) is 61.2 Å². The summed E-state index contributed by atoms with van der Waals surface area (Å²) in [4.78, 5) is 29.9. The smallest absolute Gasteiger partial charge is 0.334 e. The quantitative estimate of drug-likeness (QED) is 0.444. The molecule has 0 aliphatic carbocycles. The number of nitrogens with zero attached hydrogens (tertiary/aromatic N) is 3. The lowest BCUT2D eigenvalue weighted by atomic mass is 9.88. The fourth-order valence-electron chi connectivity index (χ4n) is 5.45. The first kappa shape index (κ1) is 25.3. The Bertz CT molecular complexity index is 1270. The monoisotopic (exact) mass is 525 g/mol. The van der Waals surface area contributed by atoms with Crippen LogP contribution in [0.2, 0.25) is 5.02 Å². The van der Waals surface area contributed by atoms with Gasteiger partial charge in [-0.2, -0.15) is 0 Å². The van der Waals surface area contributed by atoms with Gasteiger partial charge in [-0.25, -0.2) is 14.0 Å². The van der Waals surface area contributed by atoms with Crippen molar-refractivity contribution in [2.24, 2.45) is 0 Å². The first-order valence-electron chi connectivity index (χ1n) is 12.4. The van der Waals surface area contributed by atoms with Crippen molar-refractivity contribution >= 4 is 34.9 Å². The van der Waals surface area contributed by atoms with E-state index >= 15 is 4.39 Å². The van der Waals surface area contributed by atoms with E-state index in [0.717, 1.165) is 11.3 Å². The van der Waals surface area contributed by atoms with Gasteiger partial charge in [0.2, 0.25) is 0 Å². The van der Waals surface area contributed by atoms with E-state index in [0.29, 0.717) is 67.5 Å². The maximum atomic E-state index is 15.2. The van der Waals surface area contributed by atoms with E-state index < -0.39 is 11.6 Å². The molecule has 2 aromatic carbocycles. The number of halogens is 2. The molecule has 1 N–H and O–H groups in total. The summed E-state index contributed by atoms with van der Waals surface area (Å²) >= 11 is 6.08. The summed E-state index contributed by atoms with van der Waals surface area (Å²) in [5.74, 6) is -1.73. The number of piperazine rings is 1. The van der Waals surface area contributed by atoms with Crippen molar-refractivity contribution in [2.45, 2.75) is 25.4 Å². The minimum Gasteiger partial charge on any atom is -0.478 e. The lowest BCUT2D eigenvalue weighted by Gasteiger charge is -2.40. The Morgan fingerprint density at radius 2 is 1.86 bits per heavy atom. The molecule has 0 bridgehead atoms. The number of esters is 1. The Hall–Kier alpha value is -3.36. The predicted octanol–water partition coefficient (Wildman–Crippen LogP) is 4.35. The van der Waals surface area contributed by atoms with Crippen LogP contribution < -0.4 is 9.80 Å². The number of hydrogen-bond acceptors (Lipinski definition) is 6. The van der Waals surface area contributed by atoms with Crippen molar-refractivity contribution in [3.8, 4) is 0 Å². The second-order valence-corrected chi connectivity index (χ2v) is 10.2. The number of carbonyl (C=O) groups is 2. The van der Waals surface area contributed by atoms with Crippen LogP contribution in [0.25, 0.3) is 0 Å². The third-order valence-electron chi connectivity index (χ3n) is 7.40. The highest BCUT2D eigenvalue weighted by molar-refractivity contribution is 6.30. The molecule has 2 fully saturated rings. The third kappa shape index (κ3) is 4.83. The summed E-state index contributed by atoms with van der Waals surface area (Å²) in [5, 5.41) is 10.0. The van der Waals surface area contributed by atoms with Crippen molar-refractivity contribution in [3.05, 3.63) is 82.3 Å². The number of ether oxygens (including phenoxy) is 1. The molecule has 3 aliphatic heterocycles. The summed E-state index contributed by atoms with van der Waals surface area (Å²) < 4.78 is 21.1. The second-order valence-electron chi connectivity index (χ2n) is 9.79. The zero-order valence-electron chi connectivity index (χ0n) is 20.7. The number of carbonyl (C=O) groups excluding carboxylic acids is 1. The van der Waals surface area contributed by atoms with Crippen LogP contribution in [0.4, 0.5) is 15.8 Å². The lowest BCUT2D eigenvalue weighted by molar-refractivity contribution is -0.149. The number of hydrogen-bond donors (Lipinski definition) is 1. The fraction of sp³-hybridized carbons (Fsp3) is 0.357. The lowest BCUT2D eigenvalue weighted by Crippen LogP contribution is -2.51. The molecule has 2 aromatic rings. The minimum atomic E-state index is -0.988. The number of carboxylic acid groups (broad SMARTS) is 1. The van der Waals surface area contributed by atoms with Gasteiger partial charge >= 0.3 is 11.9 Å². The Balaban J connectivity index is 1.32. The van der Waals surface area contributed by atoms with E-state index in [4.69, 9.17) is 16.3 Å². The van der Waals surface area contributed by atoms with Crippen LogP contribution in [0.3, 0.4) is 0 Å². The Morgan fingerprint density at radius 3 is 2.46 bits per heavy atom. The van der Waals surface area contributed by atoms with Crippen molar-refractivity contribution < 1.29 is 23.8 Å². The van der Waals surface area contributed by atoms with E-state index in [1.165, 1.54) is 6.07 Å². The second kappa shape index (κ2) is 9.84. The largest absolute Gasteiger partial charge is 0.478 e. The van der Waals surface area contributed by atoms with E-state index in [9.17, 15) is 14.7 Å². The maximum Gasteiger partial charge on any atom is 0.334 e. The number of carboxylic acids is 1. The molecule has 194 valence electrons. The molecule has 5 rings (SSSR count). The molecule has 3 heterocycles. The molecule has 1 atom stereocenters. The molecule has 2 saturated heterocycles. The molecule has 0 saturated carbocycles. The van der Waals surface area contributed by atoms with Gasteiger partial charge in [-0.3, -0.25) is 4.90 Å². The Kier molecular flexibility index (Phi) is 6.72. The van der Waals surface area contributed by atoms with Gasteiger partial charge in [-0.05, 0) is 42.3 Å². The van der Waals surface area contributed by atoms with Gasteiger partial charge in [0.15, 0.2) is 5.60 Å². The highest BCUT2D eigenvalue weighted by atomic mass is 35.5. The summed E-state index contributed by atoms with van der Waals surface area (Å²) in [5.41, 5.74) is 2.77. The van der Waals surface area contributed by atoms with Gasteiger partial charge in [0.25, 0.3) is 0 Å². The van der Waals surface area contributed by atoms with E-state index in [1.54, 1.807) is 18.3 Å². The van der Waals surface area contributed by atoms with E-state index in [-0.39, 0.29) is 23.8 Å². The van der Waals surface area contributed by atoms with Crippen molar-refractivity contribution in [2.75, 3.05) is 49.1 Å². The molecular weight excluding hydrogens is 497 g/mol. The number of rotatable bonds is 6. The molecule has 37 heavy (non-hydrogen) atoms. The van der Waals surface area contributed by atoms with E-state index in [2.05, 4.69) is 11.5 Å². The van der Waals surface area contributed by atoms with Crippen molar-refractivity contribution in [1.29, 1.82) is 0 Å². The molecule has 0 amide bonds. The highest BCUT2D eigenvalue weighted by Crippen LogP contribution is 2.41. The topological polar surface area (TPSA) is 73.3 Å². The van der Waals surface area contributed by atoms with Crippen molar-refractivity contribution in [3.63, 3.8) is 0 Å². The summed E-state index contributed by atoms with van der Waals surface area (Å²) in [7, 11) is 0. The molecule has 9 heteroatoms. The fourth-order valence-corrected chi connectivity index (χ4v) is 5.57. The number of aliphatic carboxylic acids is 1. The summed E-state index contributed by atoms with van der Waals surface area (Å²) in [6, 6.07) is 10.6. The zero-order valence-corrected chi connectivity index (χ0v) is 21.4. The van der Waals surface area contributed by atoms with Gasteiger partial charge < -0.3 is 19.6 Å². The van der Waals surface area contributed by atoms with Crippen LogP contribution in [0, 0.1) is 5.82 Å². The third-order valence-corrected chi connectivity index (χ3v) is 7.66. The van der Waals surface area contributed by atoms with Gasteiger partial charge in [-0.15, -0.1) is 0 Å². The molecule has 3 aliphatic rings. The highest BCUT2D eigenvalue weighted by Gasteiger charge is 2.46. The maximum absolute atomic E-state index is 15.2. The minimum absolute atomic E-state index is 0.197. The first-order chi connectivity index (χ1) is 17.7. The zero-order chi connectivity index (χ0) is 26.3. The van der Waals surface area contributed by atoms with Gasteiger partial charge in [0, 0.05) is 74.6 Å². The average molecular weight is 526 g/mol. The van der Waals surface area contributed by atoms with Crippen LogP contribution in [0.1, 0.15) is 24.5 Å². The standard InChI is InChI=1S/C28H29ClFN3O4/c1-3-32-16-20(26(34)35)12-19-13-23(30)25(14-24(19)32)33-10-8-31(9-11-33)17-28(15-18(2)27(36)37-28)21-4-6-22(29)7-5-21/h4-7,13-14,16H,2-3,8-12,15,17H2,1H3,(H,34,35). The molecular formula is C28H29ClFN3O4. The molecule has 7 nitrogen and oxygen atoms in total. The SMILES string of the molecule is C=C1CC(CN2CCN(c3cc4c(cc3F)CC(C(=O)O)=CN4CC)CC2)(c2ccc(Cl)cc2)OC1=O. The normalized spacial score (nSPS) is 22.1. The summed E-state index contributed by atoms with van der Waals surface area (Å²) in [6.45, 7) is 9.44. The van der Waals surface area contributed by atoms with Crippen LogP contribution in [0.5, 0.6) is 0 Å². The number of anilines is 2. The Morgan fingerprint density at radius 1 is 1.16 bits per heavy atom. The average Bonchev–Trinajstić information content (AvgIpc) is 3.17. The van der Waals surface area contributed by atoms with Gasteiger partial charge in [0.05, 0.1) is 11.3 Å². The molecule has 0 aromatic heterocycles. The van der Waals surface area contributed by atoms with E-state index in [1.807, 2.05) is 34.9 Å². The van der Waals surface area contributed by atoms with Gasteiger partial charge in [-0.1, -0.05) is 30.3 Å². The molecule has 0 radical (unpaired) electrons. The predicted molar refractivity (Wildman–Crippen MR) is 140 cm³/mol. The van der Waals surface area contributed by atoms with Crippen LogP contribution in [0.15, 0.2) is 60.3 Å². The number of fused-ring (bicyclic) bond motifs is 1. The number of benzene rings is 2. The van der Waals surface area contributed by atoms with Crippen LogP contribution >= 0.6 is 11.6 Å². The first-order valence-corrected chi connectivity index (χ1v) is 12.7. The van der Waals surface area contributed by atoms with Crippen molar-refractivity contribution in [1.82, 2.24) is 4.90 Å².